The molecule has 2 aliphatic rings. The van der Waals surface area contributed by atoms with Gasteiger partial charge in [-0.1, -0.05) is 20.8 Å². The van der Waals surface area contributed by atoms with E-state index in [2.05, 4.69) is 25.3 Å². The van der Waals surface area contributed by atoms with Crippen molar-refractivity contribution in [1.29, 1.82) is 0 Å². The van der Waals surface area contributed by atoms with Crippen LogP contribution in [0.5, 0.6) is 0 Å². The predicted octanol–water partition coefficient (Wildman–Crippen LogP) is 2.56. The molecule has 0 radical (unpaired) electrons. The number of hydrogen-bond acceptors (Lipinski definition) is 7. The summed E-state index contributed by atoms with van der Waals surface area (Å²) in [4.78, 5) is 18.2. The van der Waals surface area contributed by atoms with Crippen LogP contribution in [-0.2, 0) is 42.2 Å². The number of imidazole rings is 1. The Morgan fingerprint density at radius 1 is 1.26 bits per heavy atom. The first-order valence-electron chi connectivity index (χ1n) is 12.2. The molecule has 0 bridgehead atoms. The Bertz CT molecular complexity index is 1300. The highest BCUT2D eigenvalue weighted by Crippen LogP contribution is 2.38. The number of piperidine rings is 1. The lowest BCUT2D eigenvalue weighted by Gasteiger charge is -2.41. The van der Waals surface area contributed by atoms with E-state index in [1.807, 2.05) is 6.07 Å². The predicted molar refractivity (Wildman–Crippen MR) is 138 cm³/mol. The molecule has 10 heteroatoms. The maximum Gasteiger partial charge on any atom is 0.186 e. The van der Waals surface area contributed by atoms with Crippen molar-refractivity contribution in [1.82, 2.24) is 14.5 Å². The molecule has 0 spiro atoms. The Kier molecular flexibility index (Phi) is 7.23. The molecule has 4 rings (SSSR count). The van der Waals surface area contributed by atoms with Gasteiger partial charge >= 0.3 is 0 Å². The number of aromatic nitrogens is 2. The van der Waals surface area contributed by atoms with Gasteiger partial charge in [-0.2, -0.15) is 0 Å². The van der Waals surface area contributed by atoms with E-state index in [9.17, 15) is 22.5 Å². The molecule has 2 heterocycles. The Hall–Kier alpha value is -1.75. The molecule has 0 amide bonds. The summed E-state index contributed by atoms with van der Waals surface area (Å²) in [7, 11) is -5.35. The fourth-order valence-electron chi connectivity index (χ4n) is 4.92. The quantitative estimate of drug-likeness (QED) is 0.338. The summed E-state index contributed by atoms with van der Waals surface area (Å²) in [5.41, 5.74) is 1.65. The van der Waals surface area contributed by atoms with Crippen LogP contribution in [0.1, 0.15) is 52.3 Å². The number of benzene rings is 1. The second-order valence-corrected chi connectivity index (χ2v) is 14.9. The van der Waals surface area contributed by atoms with E-state index in [0.717, 1.165) is 24.3 Å². The van der Waals surface area contributed by atoms with Gasteiger partial charge in [0, 0.05) is 26.1 Å². The highest BCUT2D eigenvalue weighted by molar-refractivity contribution is 7.93. The Morgan fingerprint density at radius 3 is 2.43 bits per heavy atom. The van der Waals surface area contributed by atoms with E-state index in [-0.39, 0.29) is 41.2 Å². The molecule has 0 atom stereocenters. The van der Waals surface area contributed by atoms with Crippen molar-refractivity contribution in [3.8, 4) is 0 Å². The second kappa shape index (κ2) is 9.61. The van der Waals surface area contributed by atoms with E-state index in [1.54, 1.807) is 17.0 Å². The fraction of sp³-hybridized carbons (Fsp3) is 0.640. The topological polar surface area (TPSA) is 110 Å². The summed E-state index contributed by atoms with van der Waals surface area (Å²) >= 11 is 0. The minimum atomic E-state index is -3.89. The Balaban J connectivity index is 1.69. The van der Waals surface area contributed by atoms with Crippen molar-refractivity contribution < 1.29 is 22.5 Å². The average molecular weight is 523 g/mol. The van der Waals surface area contributed by atoms with Crippen molar-refractivity contribution in [3.05, 3.63) is 24.0 Å². The van der Waals surface area contributed by atoms with Crippen LogP contribution in [0.4, 0.5) is 0 Å². The third kappa shape index (κ3) is 5.21. The number of aliphatic hydroxyl groups is 1. The zero-order valence-corrected chi connectivity index (χ0v) is 22.6. The first kappa shape index (κ1) is 26.3. The van der Waals surface area contributed by atoms with Gasteiger partial charge in [0.25, 0.3) is 0 Å². The average Bonchev–Trinajstić information content (AvgIpc) is 3.55. The molecule has 1 saturated heterocycles. The lowest BCUT2D eigenvalue weighted by molar-refractivity contribution is -0.103. The van der Waals surface area contributed by atoms with Crippen molar-refractivity contribution >= 4 is 42.5 Å². The summed E-state index contributed by atoms with van der Waals surface area (Å²) in [5, 5.41) is 10.3. The summed E-state index contributed by atoms with van der Waals surface area (Å²) in [5.74, 6) is 1.63. The third-order valence-corrected chi connectivity index (χ3v) is 10.7. The lowest BCUT2D eigenvalue weighted by atomic mass is 9.92. The second-order valence-electron chi connectivity index (χ2n) is 11.2. The monoisotopic (exact) mass is 522 g/mol. The number of carbonyl (C=O) groups excluding carboxylic acids is 1. The normalized spacial score (nSPS) is 20.7. The van der Waals surface area contributed by atoms with Crippen LogP contribution in [0.2, 0.25) is 0 Å². The minimum absolute atomic E-state index is 0.0477. The van der Waals surface area contributed by atoms with E-state index in [0.29, 0.717) is 17.7 Å². The number of aliphatic hydroxyl groups excluding tert-OH is 1. The molecule has 1 saturated carbocycles. The molecule has 1 aromatic heterocycles. The smallest absolute Gasteiger partial charge is 0.186 e. The molecule has 2 aromatic rings. The molecule has 1 N–H and O–H groups in total. The number of likely N-dealkylation sites (tertiary alicyclic amines) is 1. The molecular formula is C25H36N3O5S2-. The van der Waals surface area contributed by atoms with Crippen LogP contribution in [-0.4, -0.2) is 69.9 Å². The summed E-state index contributed by atoms with van der Waals surface area (Å²) in [6.07, 6.45) is 5.50. The van der Waals surface area contributed by atoms with Gasteiger partial charge in [0.05, 0.1) is 22.5 Å². The van der Waals surface area contributed by atoms with E-state index < -0.39 is 31.6 Å². The number of aldehydes is 1. The van der Waals surface area contributed by atoms with Crippen molar-refractivity contribution in [2.24, 2.45) is 11.3 Å². The van der Waals surface area contributed by atoms with Gasteiger partial charge in [0.15, 0.2) is 9.84 Å². The molecule has 194 valence electrons. The number of hydrogen-bond donors (Lipinski definition) is 1. The first-order valence-corrected chi connectivity index (χ1v) is 15.2. The number of sulfone groups is 1. The van der Waals surface area contributed by atoms with E-state index in [4.69, 9.17) is 4.98 Å². The van der Waals surface area contributed by atoms with Crippen LogP contribution in [0.25, 0.3) is 11.0 Å². The van der Waals surface area contributed by atoms with Gasteiger partial charge in [-0.15, -0.1) is 6.26 Å². The van der Waals surface area contributed by atoms with Crippen molar-refractivity contribution in [3.63, 3.8) is 0 Å². The van der Waals surface area contributed by atoms with Crippen LogP contribution in [0.3, 0.4) is 0 Å². The summed E-state index contributed by atoms with van der Waals surface area (Å²) in [6, 6.07) is 5.13. The third-order valence-electron chi connectivity index (χ3n) is 7.18. The Labute approximate surface area is 209 Å². The maximum absolute atomic E-state index is 13.8. The molecule has 2 fully saturated rings. The molecular weight excluding hydrogens is 486 g/mol. The van der Waals surface area contributed by atoms with Gasteiger partial charge < -0.3 is 13.9 Å². The van der Waals surface area contributed by atoms with Crippen LogP contribution in [0.15, 0.2) is 23.1 Å². The maximum atomic E-state index is 13.8. The highest BCUT2D eigenvalue weighted by Gasteiger charge is 2.46. The zero-order valence-electron chi connectivity index (χ0n) is 21.0. The zero-order chi connectivity index (χ0) is 25.6. The van der Waals surface area contributed by atoms with Gasteiger partial charge in [0.1, 0.15) is 16.9 Å². The van der Waals surface area contributed by atoms with E-state index in [1.165, 1.54) is 19.1 Å². The lowest BCUT2D eigenvalue weighted by Crippen LogP contribution is -2.53. The summed E-state index contributed by atoms with van der Waals surface area (Å²) < 4.78 is 40.4. The SMILES string of the molecule is C[S-](=O)=C(C=O)N1CCC(CO)(S(=O)(=O)c2ccc3c(c2)nc(CC(C)(C)C)n3CC2CC2)CC1. The fourth-order valence-corrected chi connectivity index (χ4v) is 7.50. The molecule has 35 heavy (non-hydrogen) atoms. The van der Waals surface area contributed by atoms with Crippen molar-refractivity contribution in [2.75, 3.05) is 26.0 Å². The highest BCUT2D eigenvalue weighted by atomic mass is 32.2. The molecule has 1 aliphatic carbocycles. The van der Waals surface area contributed by atoms with E-state index >= 15 is 0 Å². The van der Waals surface area contributed by atoms with Crippen LogP contribution >= 0.6 is 0 Å². The molecule has 1 aromatic carbocycles. The minimum Gasteiger partial charge on any atom is -0.460 e. The number of rotatable bonds is 7. The molecule has 1 aliphatic heterocycles. The largest absolute Gasteiger partial charge is 0.460 e. The summed E-state index contributed by atoms with van der Waals surface area (Å²) in [6.45, 7) is 7.37. The van der Waals surface area contributed by atoms with Gasteiger partial charge in [-0.3, -0.25) is 20.1 Å². The van der Waals surface area contributed by atoms with Crippen molar-refractivity contribution in [2.45, 2.75) is 69.1 Å². The van der Waals surface area contributed by atoms with Gasteiger partial charge in [-0.25, -0.2) is 13.4 Å². The van der Waals surface area contributed by atoms with Gasteiger partial charge in [-0.05, 0) is 60.2 Å². The van der Waals surface area contributed by atoms with Crippen LogP contribution in [0, 0.1) is 11.3 Å². The molecule has 0 unspecified atom stereocenters. The number of nitrogens with zero attached hydrogens (tertiary/aromatic N) is 3. The van der Waals surface area contributed by atoms with Gasteiger partial charge in [0.2, 0.25) is 0 Å². The number of fused-ring (bicyclic) bond motifs is 1. The molecule has 8 nitrogen and oxygen atoms in total. The number of carbonyl (C=O) groups is 1. The first-order chi connectivity index (χ1) is 16.4. The van der Waals surface area contributed by atoms with Crippen LogP contribution < -0.4 is 0 Å². The Morgan fingerprint density at radius 2 is 1.91 bits per heavy atom. The standard InChI is InChI=1S/C25H36N3O5S2/c1-24(2,3)14-22-26-20-13-19(7-8-21(20)28(22)15-18-5-6-18)35(32,33)25(17-30)9-11-27(12-10-25)23(16-29)34(4)31/h7-8,13,16,18,30H,5-6,9-12,14-15,17H2,1-4H3/q-1.